The van der Waals surface area contributed by atoms with Crippen molar-refractivity contribution in [1.29, 1.82) is 0 Å². The van der Waals surface area contributed by atoms with Crippen molar-refractivity contribution in [2.24, 2.45) is 0 Å². The third kappa shape index (κ3) is 2.08. The van der Waals surface area contributed by atoms with Crippen molar-refractivity contribution in [3.8, 4) is 11.1 Å². The molecule has 0 atom stereocenters. The van der Waals surface area contributed by atoms with E-state index in [4.69, 9.17) is 0 Å². The molecule has 6 nitrogen and oxygen atoms in total. The van der Waals surface area contributed by atoms with Crippen LogP contribution in [-0.4, -0.2) is 33.0 Å². The van der Waals surface area contributed by atoms with Gasteiger partial charge in [0.15, 0.2) is 0 Å². The number of rotatable bonds is 2. The van der Waals surface area contributed by atoms with Gasteiger partial charge < -0.3 is 14.9 Å². The Hall–Kier alpha value is -2.63. The van der Waals surface area contributed by atoms with Crippen molar-refractivity contribution in [1.82, 2.24) is 19.9 Å². The van der Waals surface area contributed by atoms with Gasteiger partial charge in [-0.2, -0.15) is 0 Å². The topological polar surface area (TPSA) is 77.7 Å². The van der Waals surface area contributed by atoms with Crippen molar-refractivity contribution in [2.75, 3.05) is 18.0 Å². The monoisotopic (exact) mass is 281 g/mol. The van der Waals surface area contributed by atoms with Gasteiger partial charge in [0.25, 0.3) is 0 Å². The first-order valence-corrected chi connectivity index (χ1v) is 7.10. The lowest BCUT2D eigenvalue weighted by molar-refractivity contribution is 0.899. The zero-order valence-corrected chi connectivity index (χ0v) is 11.5. The van der Waals surface area contributed by atoms with E-state index >= 15 is 0 Å². The fourth-order valence-corrected chi connectivity index (χ4v) is 2.84. The highest BCUT2D eigenvalue weighted by atomic mass is 16.1. The molecule has 6 heteroatoms. The summed E-state index contributed by atoms with van der Waals surface area (Å²) in [6.07, 6.45) is 6.05. The highest BCUT2D eigenvalue weighted by molar-refractivity contribution is 5.91. The smallest absolute Gasteiger partial charge is 0.323 e. The van der Waals surface area contributed by atoms with Crippen LogP contribution in [0, 0.1) is 0 Å². The first-order chi connectivity index (χ1) is 10.3. The van der Waals surface area contributed by atoms with Crippen LogP contribution in [0.4, 0.5) is 5.95 Å². The second-order valence-electron chi connectivity index (χ2n) is 5.27. The second kappa shape index (κ2) is 4.73. The van der Waals surface area contributed by atoms with E-state index in [1.807, 2.05) is 30.6 Å². The summed E-state index contributed by atoms with van der Waals surface area (Å²) in [5, 5.41) is 0. The lowest BCUT2D eigenvalue weighted by Crippen LogP contribution is -2.20. The standard InChI is InChI=1S/C15H15N5O/c21-15-18-12-5-3-4-11(13(12)19-15)10-8-16-14(17-9-10)20-6-1-2-7-20/h3-5,8-9H,1-2,6-7H2,(H2,18,19,21). The summed E-state index contributed by atoms with van der Waals surface area (Å²) >= 11 is 0. The molecule has 0 bridgehead atoms. The molecule has 4 rings (SSSR count). The van der Waals surface area contributed by atoms with Crippen molar-refractivity contribution in [3.05, 3.63) is 41.1 Å². The van der Waals surface area contributed by atoms with Gasteiger partial charge in [-0.15, -0.1) is 0 Å². The molecular weight excluding hydrogens is 266 g/mol. The number of nitrogens with zero attached hydrogens (tertiary/aromatic N) is 3. The Labute approximate surface area is 120 Å². The molecule has 21 heavy (non-hydrogen) atoms. The highest BCUT2D eigenvalue weighted by Gasteiger charge is 2.15. The molecule has 0 aliphatic carbocycles. The number of H-pyrrole nitrogens is 2. The van der Waals surface area contributed by atoms with Gasteiger partial charge in [-0.25, -0.2) is 14.8 Å². The Balaban J connectivity index is 1.76. The SMILES string of the molecule is O=c1[nH]c2cccc(-c3cnc(N4CCCC4)nc3)c2[nH]1. The maximum Gasteiger partial charge on any atom is 0.323 e. The van der Waals surface area contributed by atoms with Crippen LogP contribution in [0.15, 0.2) is 35.4 Å². The van der Waals surface area contributed by atoms with Crippen LogP contribution in [-0.2, 0) is 0 Å². The minimum Gasteiger partial charge on any atom is -0.341 e. The van der Waals surface area contributed by atoms with Crippen molar-refractivity contribution in [3.63, 3.8) is 0 Å². The molecule has 3 heterocycles. The number of aromatic amines is 2. The third-order valence-corrected chi connectivity index (χ3v) is 3.89. The number of aromatic nitrogens is 4. The predicted octanol–water partition coefficient (Wildman–Crippen LogP) is 1.91. The van der Waals surface area contributed by atoms with Crippen LogP contribution < -0.4 is 10.6 Å². The van der Waals surface area contributed by atoms with Crippen molar-refractivity contribution in [2.45, 2.75) is 12.8 Å². The number of anilines is 1. The summed E-state index contributed by atoms with van der Waals surface area (Å²) in [6.45, 7) is 2.06. The number of benzene rings is 1. The number of para-hydroxylation sites is 1. The lowest BCUT2D eigenvalue weighted by Gasteiger charge is -2.14. The average molecular weight is 281 g/mol. The fraction of sp³-hybridized carbons (Fsp3) is 0.267. The van der Waals surface area contributed by atoms with Gasteiger partial charge in [0, 0.05) is 36.6 Å². The summed E-state index contributed by atoms with van der Waals surface area (Å²) < 4.78 is 0. The molecule has 1 aliphatic heterocycles. The third-order valence-electron chi connectivity index (χ3n) is 3.89. The van der Waals surface area contributed by atoms with Crippen LogP contribution in [0.3, 0.4) is 0 Å². The molecule has 2 aromatic heterocycles. The van der Waals surface area contributed by atoms with Gasteiger partial charge in [0.1, 0.15) is 0 Å². The van der Waals surface area contributed by atoms with Crippen molar-refractivity contribution >= 4 is 17.0 Å². The Bertz CT molecular complexity index is 827. The van der Waals surface area contributed by atoms with Gasteiger partial charge in [-0.3, -0.25) is 0 Å². The van der Waals surface area contributed by atoms with Gasteiger partial charge in [-0.05, 0) is 18.9 Å². The summed E-state index contributed by atoms with van der Waals surface area (Å²) in [5.41, 5.74) is 3.21. The molecule has 0 unspecified atom stereocenters. The zero-order chi connectivity index (χ0) is 14.2. The number of fused-ring (bicyclic) bond motifs is 1. The molecule has 3 aromatic rings. The largest absolute Gasteiger partial charge is 0.341 e. The fourth-order valence-electron chi connectivity index (χ4n) is 2.84. The van der Waals surface area contributed by atoms with Crippen LogP contribution in [0.5, 0.6) is 0 Å². The van der Waals surface area contributed by atoms with E-state index in [1.165, 1.54) is 12.8 Å². The van der Waals surface area contributed by atoms with Gasteiger partial charge in [0.05, 0.1) is 11.0 Å². The van der Waals surface area contributed by atoms with E-state index in [1.54, 1.807) is 0 Å². The van der Waals surface area contributed by atoms with Crippen LogP contribution >= 0.6 is 0 Å². The minimum atomic E-state index is -0.202. The van der Waals surface area contributed by atoms with Crippen LogP contribution in [0.25, 0.3) is 22.2 Å². The normalized spacial score (nSPS) is 15.0. The molecule has 106 valence electrons. The van der Waals surface area contributed by atoms with Crippen LogP contribution in [0.2, 0.25) is 0 Å². The Morgan fingerprint density at radius 1 is 1.05 bits per heavy atom. The van der Waals surface area contributed by atoms with Crippen LogP contribution in [0.1, 0.15) is 12.8 Å². The van der Waals surface area contributed by atoms with E-state index in [-0.39, 0.29) is 5.69 Å². The molecule has 0 spiro atoms. The Morgan fingerprint density at radius 3 is 2.57 bits per heavy atom. The summed E-state index contributed by atoms with van der Waals surface area (Å²) in [4.78, 5) is 28.2. The number of hydrogen-bond donors (Lipinski definition) is 2. The molecule has 1 aliphatic rings. The Kier molecular flexibility index (Phi) is 2.73. The average Bonchev–Trinajstić information content (AvgIpc) is 3.15. The number of imidazole rings is 1. The molecule has 0 saturated carbocycles. The lowest BCUT2D eigenvalue weighted by atomic mass is 10.1. The van der Waals surface area contributed by atoms with E-state index in [2.05, 4.69) is 24.8 Å². The van der Waals surface area contributed by atoms with E-state index in [9.17, 15) is 4.79 Å². The van der Waals surface area contributed by atoms with Gasteiger partial charge in [-0.1, -0.05) is 12.1 Å². The molecule has 1 aromatic carbocycles. The van der Waals surface area contributed by atoms with Gasteiger partial charge >= 0.3 is 5.69 Å². The van der Waals surface area contributed by atoms with Gasteiger partial charge in [0.2, 0.25) is 5.95 Å². The minimum absolute atomic E-state index is 0.202. The summed E-state index contributed by atoms with van der Waals surface area (Å²) in [5.74, 6) is 0.783. The number of hydrogen-bond acceptors (Lipinski definition) is 4. The Morgan fingerprint density at radius 2 is 1.81 bits per heavy atom. The van der Waals surface area contributed by atoms with E-state index in [0.29, 0.717) is 0 Å². The first kappa shape index (κ1) is 12.1. The highest BCUT2D eigenvalue weighted by Crippen LogP contribution is 2.25. The number of nitrogens with one attached hydrogen (secondary N) is 2. The maximum absolute atomic E-state index is 11.5. The predicted molar refractivity (Wildman–Crippen MR) is 81.4 cm³/mol. The maximum atomic E-state index is 11.5. The molecule has 0 amide bonds. The quantitative estimate of drug-likeness (QED) is 0.752. The molecule has 1 saturated heterocycles. The summed E-state index contributed by atoms with van der Waals surface area (Å²) in [7, 11) is 0. The van der Waals surface area contributed by atoms with E-state index < -0.39 is 0 Å². The van der Waals surface area contributed by atoms with E-state index in [0.717, 1.165) is 41.2 Å². The molecular formula is C15H15N5O. The molecule has 1 fully saturated rings. The zero-order valence-electron chi connectivity index (χ0n) is 11.5. The molecule has 2 N–H and O–H groups in total. The van der Waals surface area contributed by atoms with Crippen molar-refractivity contribution < 1.29 is 0 Å². The summed E-state index contributed by atoms with van der Waals surface area (Å²) in [6, 6.07) is 5.74. The second-order valence-corrected chi connectivity index (χ2v) is 5.27. The molecule has 0 radical (unpaired) electrons. The first-order valence-electron chi connectivity index (χ1n) is 7.10.